The molecule has 2 rings (SSSR count). The smallest absolute Gasteiger partial charge is 0.0317 e. The molecule has 1 heterocycles. The van der Waals surface area contributed by atoms with E-state index in [1.165, 1.54) is 44.3 Å². The quantitative estimate of drug-likeness (QED) is 0.802. The summed E-state index contributed by atoms with van der Waals surface area (Å²) >= 11 is 0. The second-order valence-corrected chi connectivity index (χ2v) is 5.19. The standard InChI is InChI=1S/C17H26N2.ClH/c1-2-18(19-14-8-3-4-9-15-19)16-10-13-17-11-6-5-7-12-17;/h5-7,10-13H,2-4,8-9,14-16H2,1H3;1H. The fraction of sp³-hybridized carbons (Fsp3) is 0.529. The first kappa shape index (κ1) is 17.2. The van der Waals surface area contributed by atoms with Crippen molar-refractivity contribution in [3.63, 3.8) is 0 Å². The number of rotatable bonds is 5. The molecule has 0 aliphatic carbocycles. The van der Waals surface area contributed by atoms with Crippen LogP contribution >= 0.6 is 12.4 Å². The summed E-state index contributed by atoms with van der Waals surface area (Å²) < 4.78 is 0. The molecule has 2 nitrogen and oxygen atoms in total. The molecule has 1 aliphatic heterocycles. The van der Waals surface area contributed by atoms with Crippen molar-refractivity contribution < 1.29 is 0 Å². The molecular weight excluding hydrogens is 268 g/mol. The minimum Gasteiger partial charge on any atom is -0.242 e. The lowest BCUT2D eigenvalue weighted by molar-refractivity contribution is -0.00693. The Balaban J connectivity index is 0.00000200. The fourth-order valence-corrected chi connectivity index (χ4v) is 2.66. The molecule has 0 aromatic heterocycles. The number of nitrogens with zero attached hydrogens (tertiary/aromatic N) is 2. The van der Waals surface area contributed by atoms with Gasteiger partial charge in [-0.25, -0.2) is 10.0 Å². The minimum atomic E-state index is 0. The maximum Gasteiger partial charge on any atom is 0.0317 e. The van der Waals surface area contributed by atoms with E-state index in [9.17, 15) is 0 Å². The molecule has 0 saturated carbocycles. The van der Waals surface area contributed by atoms with Crippen LogP contribution < -0.4 is 0 Å². The van der Waals surface area contributed by atoms with Crippen molar-refractivity contribution in [1.82, 2.24) is 10.0 Å². The van der Waals surface area contributed by atoms with Gasteiger partial charge >= 0.3 is 0 Å². The number of hydrogen-bond donors (Lipinski definition) is 0. The number of benzene rings is 1. The zero-order valence-electron chi connectivity index (χ0n) is 12.5. The zero-order chi connectivity index (χ0) is 13.3. The van der Waals surface area contributed by atoms with Gasteiger partial charge in [0.05, 0.1) is 0 Å². The first-order valence-electron chi connectivity index (χ1n) is 7.61. The van der Waals surface area contributed by atoms with E-state index in [0.29, 0.717) is 0 Å². The second-order valence-electron chi connectivity index (χ2n) is 5.19. The van der Waals surface area contributed by atoms with E-state index in [0.717, 1.165) is 13.1 Å². The number of likely N-dealkylation sites (N-methyl/N-ethyl adjacent to an activating group) is 1. The molecule has 0 N–H and O–H groups in total. The summed E-state index contributed by atoms with van der Waals surface area (Å²) in [7, 11) is 0. The first-order chi connectivity index (χ1) is 9.40. The largest absolute Gasteiger partial charge is 0.242 e. The van der Waals surface area contributed by atoms with Gasteiger partial charge in [0.2, 0.25) is 0 Å². The summed E-state index contributed by atoms with van der Waals surface area (Å²) in [6.45, 7) is 6.83. The van der Waals surface area contributed by atoms with E-state index >= 15 is 0 Å². The van der Waals surface area contributed by atoms with Crippen LogP contribution in [0.15, 0.2) is 36.4 Å². The Morgan fingerprint density at radius 1 is 1.05 bits per heavy atom. The SMILES string of the molecule is CCN(CC=Cc1ccccc1)N1CCCCCC1.Cl. The third kappa shape index (κ3) is 5.66. The van der Waals surface area contributed by atoms with Gasteiger partial charge in [0, 0.05) is 26.2 Å². The molecule has 1 fully saturated rings. The summed E-state index contributed by atoms with van der Waals surface area (Å²) in [6.07, 6.45) is 9.99. The van der Waals surface area contributed by atoms with E-state index in [1.807, 2.05) is 0 Å². The van der Waals surface area contributed by atoms with Crippen LogP contribution in [0, 0.1) is 0 Å². The molecular formula is C17H27ClN2. The minimum absolute atomic E-state index is 0. The van der Waals surface area contributed by atoms with Crippen molar-refractivity contribution in [2.45, 2.75) is 32.6 Å². The molecule has 0 unspecified atom stereocenters. The van der Waals surface area contributed by atoms with Crippen molar-refractivity contribution in [2.75, 3.05) is 26.2 Å². The molecule has 0 spiro atoms. The van der Waals surface area contributed by atoms with Crippen LogP contribution in [0.4, 0.5) is 0 Å². The molecule has 1 aromatic carbocycles. The lowest BCUT2D eigenvalue weighted by Gasteiger charge is -2.32. The third-order valence-corrected chi connectivity index (χ3v) is 3.77. The van der Waals surface area contributed by atoms with Crippen molar-refractivity contribution in [1.29, 1.82) is 0 Å². The molecule has 3 heteroatoms. The average Bonchev–Trinajstić information content (AvgIpc) is 2.74. The fourth-order valence-electron chi connectivity index (χ4n) is 2.66. The van der Waals surface area contributed by atoms with Gasteiger partial charge in [0.1, 0.15) is 0 Å². The summed E-state index contributed by atoms with van der Waals surface area (Å²) in [5.41, 5.74) is 1.29. The Morgan fingerprint density at radius 3 is 2.30 bits per heavy atom. The van der Waals surface area contributed by atoms with Crippen molar-refractivity contribution in [3.8, 4) is 0 Å². The Labute approximate surface area is 129 Å². The van der Waals surface area contributed by atoms with Crippen LogP contribution in [-0.4, -0.2) is 36.2 Å². The molecule has 1 aliphatic rings. The zero-order valence-corrected chi connectivity index (χ0v) is 13.3. The highest BCUT2D eigenvalue weighted by molar-refractivity contribution is 5.85. The molecule has 0 amide bonds. The van der Waals surface area contributed by atoms with Crippen LogP contribution in [0.1, 0.15) is 38.2 Å². The second kappa shape index (κ2) is 9.98. The van der Waals surface area contributed by atoms with Crippen LogP contribution in [0.3, 0.4) is 0 Å². The normalized spacial score (nSPS) is 17.1. The van der Waals surface area contributed by atoms with Gasteiger partial charge < -0.3 is 0 Å². The summed E-state index contributed by atoms with van der Waals surface area (Å²) in [4.78, 5) is 0. The van der Waals surface area contributed by atoms with Gasteiger partial charge in [-0.3, -0.25) is 0 Å². The monoisotopic (exact) mass is 294 g/mol. The third-order valence-electron chi connectivity index (χ3n) is 3.77. The van der Waals surface area contributed by atoms with Crippen molar-refractivity contribution in [2.24, 2.45) is 0 Å². The van der Waals surface area contributed by atoms with Crippen LogP contribution in [0.2, 0.25) is 0 Å². The maximum absolute atomic E-state index is 2.54. The lowest BCUT2D eigenvalue weighted by atomic mass is 10.2. The van der Waals surface area contributed by atoms with Crippen LogP contribution in [0.5, 0.6) is 0 Å². The Kier molecular flexibility index (Phi) is 8.59. The summed E-state index contributed by atoms with van der Waals surface area (Å²) in [6, 6.07) is 10.5. The molecule has 0 radical (unpaired) electrons. The molecule has 0 bridgehead atoms. The topological polar surface area (TPSA) is 6.48 Å². The van der Waals surface area contributed by atoms with Crippen LogP contribution in [-0.2, 0) is 0 Å². The summed E-state index contributed by atoms with van der Waals surface area (Å²) in [5, 5.41) is 5.02. The number of hydrazine groups is 1. The van der Waals surface area contributed by atoms with Crippen molar-refractivity contribution in [3.05, 3.63) is 42.0 Å². The molecule has 1 saturated heterocycles. The lowest BCUT2D eigenvalue weighted by Crippen LogP contribution is -2.43. The Bertz CT molecular complexity index is 370. The van der Waals surface area contributed by atoms with Gasteiger partial charge in [-0.2, -0.15) is 0 Å². The van der Waals surface area contributed by atoms with Gasteiger partial charge in [-0.05, 0) is 18.4 Å². The summed E-state index contributed by atoms with van der Waals surface area (Å²) in [5.74, 6) is 0. The van der Waals surface area contributed by atoms with Gasteiger partial charge in [0.25, 0.3) is 0 Å². The van der Waals surface area contributed by atoms with Crippen molar-refractivity contribution >= 4 is 18.5 Å². The Hall–Kier alpha value is -0.830. The van der Waals surface area contributed by atoms with E-state index in [-0.39, 0.29) is 12.4 Å². The molecule has 0 atom stereocenters. The van der Waals surface area contributed by atoms with E-state index in [2.05, 4.69) is 59.4 Å². The van der Waals surface area contributed by atoms with E-state index in [4.69, 9.17) is 0 Å². The van der Waals surface area contributed by atoms with Crippen LogP contribution in [0.25, 0.3) is 6.08 Å². The maximum atomic E-state index is 2.54. The highest BCUT2D eigenvalue weighted by Gasteiger charge is 2.14. The average molecular weight is 295 g/mol. The van der Waals surface area contributed by atoms with Gasteiger partial charge in [-0.1, -0.05) is 62.2 Å². The highest BCUT2D eigenvalue weighted by Crippen LogP contribution is 2.12. The Morgan fingerprint density at radius 2 is 1.70 bits per heavy atom. The van der Waals surface area contributed by atoms with E-state index in [1.54, 1.807) is 0 Å². The predicted molar refractivity (Wildman–Crippen MR) is 90.0 cm³/mol. The van der Waals surface area contributed by atoms with Gasteiger partial charge in [-0.15, -0.1) is 12.4 Å². The molecule has 20 heavy (non-hydrogen) atoms. The number of halogens is 1. The van der Waals surface area contributed by atoms with E-state index < -0.39 is 0 Å². The first-order valence-corrected chi connectivity index (χ1v) is 7.61. The van der Waals surface area contributed by atoms with Gasteiger partial charge in [0.15, 0.2) is 0 Å². The number of hydrogen-bond acceptors (Lipinski definition) is 2. The molecule has 1 aromatic rings. The molecule has 112 valence electrons. The highest BCUT2D eigenvalue weighted by atomic mass is 35.5. The predicted octanol–water partition coefficient (Wildman–Crippen LogP) is 4.23.